The molecule has 0 heterocycles. The summed E-state index contributed by atoms with van der Waals surface area (Å²) in [6.45, 7) is 5.98. The van der Waals surface area contributed by atoms with Crippen LogP contribution in [-0.2, 0) is 11.2 Å². The van der Waals surface area contributed by atoms with Crippen molar-refractivity contribution < 1.29 is 14.3 Å². The van der Waals surface area contributed by atoms with Gasteiger partial charge in [-0.15, -0.1) is 0 Å². The average Bonchev–Trinajstić information content (AvgIpc) is 2.55. The third kappa shape index (κ3) is 7.03. The molecule has 0 aliphatic heterocycles. The molecule has 2 N–H and O–H groups in total. The molecule has 0 aliphatic carbocycles. The summed E-state index contributed by atoms with van der Waals surface area (Å²) in [4.78, 5) is 23.8. The fourth-order valence-electron chi connectivity index (χ4n) is 2.18. The molecule has 0 saturated carbocycles. The first-order chi connectivity index (χ1) is 12.2. The molecule has 0 radical (unpaired) electrons. The highest BCUT2D eigenvalue weighted by Crippen LogP contribution is 2.13. The Morgan fingerprint density at radius 2 is 1.62 bits per heavy atom. The highest BCUT2D eigenvalue weighted by molar-refractivity contribution is 14.1. The minimum atomic E-state index is -0.499. The molecule has 0 aliphatic rings. The maximum Gasteiger partial charge on any atom is 0.407 e. The van der Waals surface area contributed by atoms with Crippen LogP contribution in [0.4, 0.5) is 10.5 Å². The number of carbonyl (C=O) groups excluding carboxylic acids is 2. The third-order valence-electron chi connectivity index (χ3n) is 3.40. The number of ether oxygens (including phenoxy) is 1. The third-order valence-corrected chi connectivity index (χ3v) is 4.12. The van der Waals surface area contributed by atoms with Crippen LogP contribution >= 0.6 is 22.6 Å². The van der Waals surface area contributed by atoms with E-state index in [2.05, 4.69) is 33.2 Å². The largest absolute Gasteiger partial charge is 0.444 e. The van der Waals surface area contributed by atoms with Gasteiger partial charge in [0.25, 0.3) is 5.91 Å². The van der Waals surface area contributed by atoms with Crippen LogP contribution in [0.15, 0.2) is 48.5 Å². The normalized spacial score (nSPS) is 10.9. The molecule has 0 atom stereocenters. The monoisotopic (exact) mass is 466 g/mol. The van der Waals surface area contributed by atoms with Gasteiger partial charge in [0.15, 0.2) is 0 Å². The van der Waals surface area contributed by atoms with Gasteiger partial charge in [-0.1, -0.05) is 12.1 Å². The molecule has 0 fully saturated rings. The zero-order valence-electron chi connectivity index (χ0n) is 15.1. The van der Waals surface area contributed by atoms with E-state index in [4.69, 9.17) is 4.74 Å². The summed E-state index contributed by atoms with van der Waals surface area (Å²) in [5.74, 6) is -0.138. The van der Waals surface area contributed by atoms with E-state index in [0.29, 0.717) is 18.5 Å². The Bertz CT molecular complexity index is 750. The predicted octanol–water partition coefficient (Wildman–Crippen LogP) is 4.61. The quantitative estimate of drug-likeness (QED) is 0.633. The van der Waals surface area contributed by atoms with Gasteiger partial charge in [-0.05, 0) is 91.7 Å². The summed E-state index contributed by atoms with van der Waals surface area (Å²) in [6.07, 6.45) is 0.267. The fourth-order valence-corrected chi connectivity index (χ4v) is 2.54. The van der Waals surface area contributed by atoms with Gasteiger partial charge in [0, 0.05) is 21.4 Å². The lowest BCUT2D eigenvalue weighted by molar-refractivity contribution is 0.0528. The Morgan fingerprint density at radius 3 is 2.19 bits per heavy atom. The first kappa shape index (κ1) is 20.2. The maximum absolute atomic E-state index is 12.2. The number of halogens is 1. The van der Waals surface area contributed by atoms with E-state index in [9.17, 15) is 9.59 Å². The Hall–Kier alpha value is -2.09. The first-order valence-corrected chi connectivity index (χ1v) is 9.43. The van der Waals surface area contributed by atoms with Crippen LogP contribution < -0.4 is 10.6 Å². The molecule has 6 heteroatoms. The van der Waals surface area contributed by atoms with Crippen molar-refractivity contribution in [2.24, 2.45) is 0 Å². The molecule has 2 aromatic carbocycles. The van der Waals surface area contributed by atoms with Crippen molar-refractivity contribution >= 4 is 40.3 Å². The average molecular weight is 466 g/mol. The van der Waals surface area contributed by atoms with Crippen LogP contribution in [-0.4, -0.2) is 24.1 Å². The lowest BCUT2D eigenvalue weighted by Crippen LogP contribution is -2.33. The molecule has 0 aromatic heterocycles. The number of amides is 2. The second-order valence-corrected chi connectivity index (χ2v) is 8.08. The molecule has 0 spiro atoms. The van der Waals surface area contributed by atoms with Gasteiger partial charge >= 0.3 is 6.09 Å². The van der Waals surface area contributed by atoms with Crippen molar-refractivity contribution in [3.8, 4) is 0 Å². The zero-order chi connectivity index (χ0) is 19.2. The molecule has 2 amide bonds. The van der Waals surface area contributed by atoms with Gasteiger partial charge in [0.05, 0.1) is 0 Å². The van der Waals surface area contributed by atoms with Crippen molar-refractivity contribution in [2.75, 3.05) is 11.9 Å². The first-order valence-electron chi connectivity index (χ1n) is 8.36. The molecule has 2 rings (SSSR count). The van der Waals surface area contributed by atoms with Gasteiger partial charge in [-0.25, -0.2) is 4.79 Å². The van der Waals surface area contributed by atoms with Crippen LogP contribution in [0.25, 0.3) is 0 Å². The number of alkyl carbamates (subject to hydrolysis) is 1. The predicted molar refractivity (Wildman–Crippen MR) is 111 cm³/mol. The Morgan fingerprint density at radius 1 is 1.00 bits per heavy atom. The molecule has 2 aromatic rings. The zero-order valence-corrected chi connectivity index (χ0v) is 17.3. The van der Waals surface area contributed by atoms with Crippen molar-refractivity contribution in [3.05, 3.63) is 63.2 Å². The number of hydrogen-bond donors (Lipinski definition) is 2. The van der Waals surface area contributed by atoms with Crippen molar-refractivity contribution in [2.45, 2.75) is 32.8 Å². The van der Waals surface area contributed by atoms with E-state index < -0.39 is 11.7 Å². The van der Waals surface area contributed by atoms with Gasteiger partial charge in [-0.3, -0.25) is 4.79 Å². The van der Waals surface area contributed by atoms with E-state index in [-0.39, 0.29) is 5.91 Å². The highest BCUT2D eigenvalue weighted by Gasteiger charge is 2.15. The summed E-state index contributed by atoms with van der Waals surface area (Å²) in [5, 5.41) is 5.60. The second-order valence-electron chi connectivity index (χ2n) is 6.84. The number of carbonyl (C=O) groups is 2. The van der Waals surface area contributed by atoms with E-state index in [1.54, 1.807) is 12.1 Å². The highest BCUT2D eigenvalue weighted by atomic mass is 127. The summed E-state index contributed by atoms with van der Waals surface area (Å²) < 4.78 is 6.28. The smallest absolute Gasteiger partial charge is 0.407 e. The van der Waals surface area contributed by atoms with E-state index in [1.807, 2.05) is 57.2 Å². The van der Waals surface area contributed by atoms with E-state index in [1.165, 1.54) is 0 Å². The van der Waals surface area contributed by atoms with E-state index >= 15 is 0 Å². The molecular formula is C20H23IN2O3. The van der Waals surface area contributed by atoms with Crippen LogP contribution in [0.5, 0.6) is 0 Å². The summed E-state index contributed by atoms with van der Waals surface area (Å²) in [5.41, 5.74) is 1.92. The summed E-state index contributed by atoms with van der Waals surface area (Å²) in [7, 11) is 0. The number of hydrogen-bond acceptors (Lipinski definition) is 3. The lowest BCUT2D eigenvalue weighted by Gasteiger charge is -2.19. The number of nitrogens with one attached hydrogen (secondary N) is 2. The van der Waals surface area contributed by atoms with E-state index in [0.717, 1.165) is 14.8 Å². The standard InChI is InChI=1S/C20H23IN2O3/c1-20(2,3)26-19(25)22-13-12-14-4-10-17(11-5-14)23-18(24)15-6-8-16(21)9-7-15/h4-11H,12-13H2,1-3H3,(H,22,25)(H,23,24). The maximum atomic E-state index is 12.2. The Labute approximate surface area is 167 Å². The van der Waals surface area contributed by atoms with Gasteiger partial charge in [0.2, 0.25) is 0 Å². The van der Waals surface area contributed by atoms with Crippen molar-refractivity contribution in [1.82, 2.24) is 5.32 Å². The van der Waals surface area contributed by atoms with Gasteiger partial charge in [-0.2, -0.15) is 0 Å². The number of benzene rings is 2. The van der Waals surface area contributed by atoms with Gasteiger partial charge < -0.3 is 15.4 Å². The molecule has 26 heavy (non-hydrogen) atoms. The molecule has 138 valence electrons. The van der Waals surface area contributed by atoms with Crippen LogP contribution in [0, 0.1) is 3.57 Å². The summed E-state index contributed by atoms with van der Waals surface area (Å²) in [6, 6.07) is 15.0. The van der Waals surface area contributed by atoms with Crippen molar-refractivity contribution in [3.63, 3.8) is 0 Å². The SMILES string of the molecule is CC(C)(C)OC(=O)NCCc1ccc(NC(=O)c2ccc(I)cc2)cc1. The molecular weight excluding hydrogens is 443 g/mol. The number of anilines is 1. The fraction of sp³-hybridized carbons (Fsp3) is 0.300. The lowest BCUT2D eigenvalue weighted by atomic mass is 10.1. The van der Waals surface area contributed by atoms with Gasteiger partial charge in [0.1, 0.15) is 5.60 Å². The van der Waals surface area contributed by atoms with Crippen molar-refractivity contribution in [1.29, 1.82) is 0 Å². The van der Waals surface area contributed by atoms with Crippen LogP contribution in [0.1, 0.15) is 36.7 Å². The Balaban J connectivity index is 1.81. The molecule has 0 unspecified atom stereocenters. The number of rotatable bonds is 5. The van der Waals surface area contributed by atoms with Crippen LogP contribution in [0.2, 0.25) is 0 Å². The molecule has 0 saturated heterocycles. The topological polar surface area (TPSA) is 67.4 Å². The minimum Gasteiger partial charge on any atom is -0.444 e. The van der Waals surface area contributed by atoms with Crippen LogP contribution in [0.3, 0.4) is 0 Å². The Kier molecular flexibility index (Phi) is 7.02. The minimum absolute atomic E-state index is 0.138. The summed E-state index contributed by atoms with van der Waals surface area (Å²) >= 11 is 2.20. The second kappa shape index (κ2) is 9.02. The molecule has 0 bridgehead atoms. The molecule has 5 nitrogen and oxygen atoms in total.